The van der Waals surface area contributed by atoms with Gasteiger partial charge in [-0.2, -0.15) is 0 Å². The van der Waals surface area contributed by atoms with Gasteiger partial charge in [0.05, 0.1) is 13.2 Å². The summed E-state index contributed by atoms with van der Waals surface area (Å²) in [6, 6.07) is 28.6. The van der Waals surface area contributed by atoms with Crippen molar-refractivity contribution >= 4 is 5.95 Å². The quantitative estimate of drug-likeness (QED) is 0.479. The van der Waals surface area contributed by atoms with Crippen LogP contribution in [0.1, 0.15) is 17.2 Å². The van der Waals surface area contributed by atoms with E-state index in [1.165, 1.54) is 11.1 Å². The Morgan fingerprint density at radius 2 is 1.38 bits per heavy atom. The molecule has 34 heavy (non-hydrogen) atoms. The third-order valence-electron chi connectivity index (χ3n) is 6.26. The summed E-state index contributed by atoms with van der Waals surface area (Å²) in [5.74, 6) is 1.24. The summed E-state index contributed by atoms with van der Waals surface area (Å²) in [6.45, 7) is 3.20. The fourth-order valence-corrected chi connectivity index (χ4v) is 4.49. The highest BCUT2D eigenvalue weighted by atomic mass is 16.5. The normalized spacial score (nSPS) is 14.4. The third kappa shape index (κ3) is 4.56. The van der Waals surface area contributed by atoms with Gasteiger partial charge in [-0.05, 0) is 35.4 Å². The molecule has 0 spiro atoms. The van der Waals surface area contributed by atoms with Crippen LogP contribution in [0.5, 0.6) is 5.75 Å². The van der Waals surface area contributed by atoms with Crippen molar-refractivity contribution in [2.45, 2.75) is 6.04 Å². The molecule has 0 aliphatic carbocycles. The Morgan fingerprint density at radius 1 is 0.794 bits per heavy atom. The van der Waals surface area contributed by atoms with Crippen LogP contribution in [0.2, 0.25) is 0 Å². The van der Waals surface area contributed by atoms with Crippen LogP contribution >= 0.6 is 0 Å². The van der Waals surface area contributed by atoms with Gasteiger partial charge in [-0.1, -0.05) is 60.7 Å². The smallest absolute Gasteiger partial charge is 0.279 e. The summed E-state index contributed by atoms with van der Waals surface area (Å²) in [7, 11) is 1.61. The lowest BCUT2D eigenvalue weighted by Gasteiger charge is -2.39. The maximum atomic E-state index is 12.8. The Labute approximate surface area is 198 Å². The zero-order chi connectivity index (χ0) is 23.3. The Hall–Kier alpha value is -3.97. The number of aromatic amines is 1. The topological polar surface area (TPSA) is 74.4 Å². The van der Waals surface area contributed by atoms with Crippen molar-refractivity contribution in [2.75, 3.05) is 38.2 Å². The molecular formula is C27H27N5O2. The van der Waals surface area contributed by atoms with Gasteiger partial charge in [0.1, 0.15) is 5.75 Å². The Kier molecular flexibility index (Phi) is 6.35. The van der Waals surface area contributed by atoms with E-state index in [4.69, 9.17) is 4.74 Å². The van der Waals surface area contributed by atoms with Crippen molar-refractivity contribution in [3.63, 3.8) is 0 Å². The van der Waals surface area contributed by atoms with Gasteiger partial charge in [-0.15, -0.1) is 10.2 Å². The lowest BCUT2D eigenvalue weighted by Crippen LogP contribution is -2.48. The first-order valence-electron chi connectivity index (χ1n) is 11.4. The fraction of sp³-hybridized carbons (Fsp3) is 0.222. The average molecular weight is 454 g/mol. The Bertz CT molecular complexity index is 1230. The molecule has 7 nitrogen and oxygen atoms in total. The van der Waals surface area contributed by atoms with Crippen LogP contribution in [0.25, 0.3) is 11.3 Å². The monoisotopic (exact) mass is 453 g/mol. The van der Waals surface area contributed by atoms with Crippen LogP contribution in [0.15, 0.2) is 89.7 Å². The number of aromatic nitrogens is 3. The molecule has 1 aliphatic heterocycles. The number of H-pyrrole nitrogens is 1. The highest BCUT2D eigenvalue weighted by Crippen LogP contribution is 2.29. The molecule has 172 valence electrons. The van der Waals surface area contributed by atoms with Gasteiger partial charge in [0, 0.05) is 31.7 Å². The minimum atomic E-state index is -0.246. The molecule has 1 N–H and O–H groups in total. The number of benzene rings is 3. The van der Waals surface area contributed by atoms with Crippen LogP contribution < -0.4 is 15.2 Å². The number of anilines is 1. The van der Waals surface area contributed by atoms with Gasteiger partial charge >= 0.3 is 0 Å². The van der Waals surface area contributed by atoms with E-state index in [-0.39, 0.29) is 11.6 Å². The second-order valence-corrected chi connectivity index (χ2v) is 8.30. The summed E-state index contributed by atoms with van der Waals surface area (Å²) in [4.78, 5) is 20.3. The molecule has 0 atom stereocenters. The summed E-state index contributed by atoms with van der Waals surface area (Å²) >= 11 is 0. The van der Waals surface area contributed by atoms with E-state index in [2.05, 4.69) is 73.5 Å². The molecule has 7 heteroatoms. The third-order valence-corrected chi connectivity index (χ3v) is 6.26. The summed E-state index contributed by atoms with van der Waals surface area (Å²) in [5.41, 5.74) is 3.32. The standard InChI is InChI=1S/C27H27N5O2/c1-34-23-14-12-20(13-15-23)24-26(33)28-27(30-29-24)32-18-16-31(17-19-32)25(21-8-4-2-5-9-21)22-10-6-3-7-11-22/h2-15,25H,16-19H2,1H3,(H,28,30,33). The SMILES string of the molecule is COc1ccc(-c2nnc(N3CCN(C(c4ccccc4)c4ccccc4)CC3)[nH]c2=O)cc1. The molecule has 0 saturated carbocycles. The molecule has 0 radical (unpaired) electrons. The van der Waals surface area contributed by atoms with Crippen LogP contribution in [-0.2, 0) is 0 Å². The summed E-state index contributed by atoms with van der Waals surface area (Å²) in [6.07, 6.45) is 0. The molecule has 2 heterocycles. The van der Waals surface area contributed by atoms with Crippen molar-refractivity contribution in [2.24, 2.45) is 0 Å². The minimum Gasteiger partial charge on any atom is -0.497 e. The first kappa shape index (κ1) is 21.9. The highest BCUT2D eigenvalue weighted by molar-refractivity contribution is 5.59. The lowest BCUT2D eigenvalue weighted by atomic mass is 9.96. The number of hydrogen-bond donors (Lipinski definition) is 1. The average Bonchev–Trinajstić information content (AvgIpc) is 2.91. The first-order chi connectivity index (χ1) is 16.7. The van der Waals surface area contributed by atoms with E-state index in [0.717, 1.165) is 31.9 Å². The van der Waals surface area contributed by atoms with Gasteiger partial charge in [-0.25, -0.2) is 0 Å². The van der Waals surface area contributed by atoms with E-state index in [1.54, 1.807) is 19.2 Å². The second-order valence-electron chi connectivity index (χ2n) is 8.30. The van der Waals surface area contributed by atoms with Crippen molar-refractivity contribution in [1.29, 1.82) is 0 Å². The van der Waals surface area contributed by atoms with E-state index in [1.807, 2.05) is 24.3 Å². The van der Waals surface area contributed by atoms with Crippen LogP contribution in [0, 0.1) is 0 Å². The molecule has 1 aliphatic rings. The molecule has 0 unspecified atom stereocenters. The van der Waals surface area contributed by atoms with Crippen molar-refractivity contribution in [1.82, 2.24) is 20.1 Å². The Morgan fingerprint density at radius 3 is 1.91 bits per heavy atom. The number of methoxy groups -OCH3 is 1. The fourth-order valence-electron chi connectivity index (χ4n) is 4.49. The molecule has 1 fully saturated rings. The van der Waals surface area contributed by atoms with Crippen LogP contribution in [0.3, 0.4) is 0 Å². The number of hydrogen-bond acceptors (Lipinski definition) is 6. The largest absolute Gasteiger partial charge is 0.497 e. The van der Waals surface area contributed by atoms with Gasteiger partial charge in [0.25, 0.3) is 5.56 Å². The molecule has 1 aromatic heterocycles. The minimum absolute atomic E-state index is 0.187. The van der Waals surface area contributed by atoms with Crippen LogP contribution in [-0.4, -0.2) is 53.4 Å². The van der Waals surface area contributed by atoms with Gasteiger partial charge in [0.15, 0.2) is 5.69 Å². The molecule has 0 bridgehead atoms. The number of ether oxygens (including phenoxy) is 1. The zero-order valence-corrected chi connectivity index (χ0v) is 19.1. The van der Waals surface area contributed by atoms with E-state index in [9.17, 15) is 4.79 Å². The number of nitrogens with zero attached hydrogens (tertiary/aromatic N) is 4. The van der Waals surface area contributed by atoms with Gasteiger partial charge in [0.2, 0.25) is 5.95 Å². The molecule has 1 saturated heterocycles. The predicted octanol–water partition coefficient (Wildman–Crippen LogP) is 3.75. The maximum absolute atomic E-state index is 12.8. The van der Waals surface area contributed by atoms with Crippen LogP contribution in [0.4, 0.5) is 5.95 Å². The highest BCUT2D eigenvalue weighted by Gasteiger charge is 2.27. The van der Waals surface area contributed by atoms with E-state index in [0.29, 0.717) is 17.2 Å². The lowest BCUT2D eigenvalue weighted by molar-refractivity contribution is 0.211. The van der Waals surface area contributed by atoms with Crippen molar-refractivity contribution in [3.05, 3.63) is 106 Å². The maximum Gasteiger partial charge on any atom is 0.279 e. The predicted molar refractivity (Wildman–Crippen MR) is 133 cm³/mol. The number of piperazine rings is 1. The number of nitrogens with one attached hydrogen (secondary N) is 1. The van der Waals surface area contributed by atoms with E-state index >= 15 is 0 Å². The second kappa shape index (κ2) is 9.89. The summed E-state index contributed by atoms with van der Waals surface area (Å²) < 4.78 is 5.18. The van der Waals surface area contributed by atoms with Gasteiger partial charge in [-0.3, -0.25) is 14.7 Å². The first-order valence-corrected chi connectivity index (χ1v) is 11.4. The van der Waals surface area contributed by atoms with E-state index < -0.39 is 0 Å². The molecule has 5 rings (SSSR count). The summed E-state index contributed by atoms with van der Waals surface area (Å²) in [5, 5.41) is 8.58. The molecular weight excluding hydrogens is 426 g/mol. The number of rotatable bonds is 6. The molecule has 0 amide bonds. The van der Waals surface area contributed by atoms with Gasteiger partial charge < -0.3 is 9.64 Å². The van der Waals surface area contributed by atoms with Crippen molar-refractivity contribution < 1.29 is 4.74 Å². The Balaban J connectivity index is 1.32. The zero-order valence-electron chi connectivity index (χ0n) is 19.1. The molecule has 4 aromatic rings. The molecule has 3 aromatic carbocycles. The van der Waals surface area contributed by atoms with Crippen molar-refractivity contribution in [3.8, 4) is 17.0 Å².